The van der Waals surface area contributed by atoms with Crippen LogP contribution in [0, 0.1) is 0 Å². The Bertz CT molecular complexity index is 821. The van der Waals surface area contributed by atoms with Crippen molar-refractivity contribution in [2.75, 3.05) is 26.2 Å². The number of oxazole rings is 1. The fraction of sp³-hybridized carbons (Fsp3) is 0.571. The number of amides is 2. The average molecular weight is 384 g/mol. The molecule has 0 saturated carbocycles. The molecule has 1 N–H and O–H groups in total. The van der Waals surface area contributed by atoms with E-state index in [1.807, 2.05) is 29.2 Å². The van der Waals surface area contributed by atoms with Crippen LogP contribution in [0.25, 0.3) is 11.1 Å². The molecule has 2 amide bonds. The van der Waals surface area contributed by atoms with Gasteiger partial charge in [0.25, 0.3) is 0 Å². The van der Waals surface area contributed by atoms with E-state index >= 15 is 0 Å². The number of carbonyl (C=O) groups is 2. The first kappa shape index (κ1) is 18.9. The number of carbonyl (C=O) groups excluding carboxylic acids is 2. The van der Waals surface area contributed by atoms with Crippen molar-refractivity contribution in [3.05, 3.63) is 30.2 Å². The van der Waals surface area contributed by atoms with E-state index in [2.05, 4.69) is 29.0 Å². The van der Waals surface area contributed by atoms with Crippen LogP contribution >= 0.6 is 0 Å². The molecule has 150 valence electrons. The van der Waals surface area contributed by atoms with Crippen LogP contribution in [0.15, 0.2) is 28.7 Å². The zero-order chi connectivity index (χ0) is 19.7. The molecular weight excluding hydrogens is 356 g/mol. The van der Waals surface area contributed by atoms with E-state index in [-0.39, 0.29) is 36.2 Å². The highest BCUT2D eigenvalue weighted by atomic mass is 16.3. The number of rotatable bonds is 4. The molecule has 7 heteroatoms. The number of aromatic nitrogens is 1. The lowest BCUT2D eigenvalue weighted by Gasteiger charge is -2.39. The van der Waals surface area contributed by atoms with Crippen molar-refractivity contribution < 1.29 is 14.0 Å². The highest BCUT2D eigenvalue weighted by molar-refractivity contribution is 5.89. The zero-order valence-electron chi connectivity index (χ0n) is 16.6. The van der Waals surface area contributed by atoms with Gasteiger partial charge < -0.3 is 14.6 Å². The summed E-state index contributed by atoms with van der Waals surface area (Å²) in [5.74, 6) is 1.03. The van der Waals surface area contributed by atoms with Crippen LogP contribution in [-0.2, 0) is 9.59 Å². The van der Waals surface area contributed by atoms with Crippen molar-refractivity contribution in [2.24, 2.45) is 0 Å². The van der Waals surface area contributed by atoms with E-state index in [0.29, 0.717) is 19.6 Å². The first-order valence-corrected chi connectivity index (χ1v) is 10.2. The second-order valence-corrected chi connectivity index (χ2v) is 8.02. The molecule has 2 saturated heterocycles. The Kier molecular flexibility index (Phi) is 5.35. The Morgan fingerprint density at radius 1 is 1.25 bits per heavy atom. The summed E-state index contributed by atoms with van der Waals surface area (Å²) in [6.07, 6.45) is 1.92. The van der Waals surface area contributed by atoms with Crippen LogP contribution < -0.4 is 5.32 Å². The van der Waals surface area contributed by atoms with Crippen LogP contribution in [0.4, 0.5) is 0 Å². The third-order valence-corrected chi connectivity index (χ3v) is 5.91. The number of nitrogens with zero attached hydrogens (tertiary/aromatic N) is 3. The summed E-state index contributed by atoms with van der Waals surface area (Å²) in [7, 11) is 0. The Hall–Kier alpha value is -2.41. The van der Waals surface area contributed by atoms with E-state index in [1.165, 1.54) is 0 Å². The van der Waals surface area contributed by atoms with Gasteiger partial charge in [-0.3, -0.25) is 14.5 Å². The van der Waals surface area contributed by atoms with Crippen molar-refractivity contribution in [3.63, 3.8) is 0 Å². The summed E-state index contributed by atoms with van der Waals surface area (Å²) >= 11 is 0. The van der Waals surface area contributed by atoms with Gasteiger partial charge in [-0.15, -0.1) is 0 Å². The molecule has 1 atom stereocenters. The molecule has 0 radical (unpaired) electrons. The van der Waals surface area contributed by atoms with E-state index in [1.54, 1.807) is 0 Å². The quantitative estimate of drug-likeness (QED) is 0.874. The number of piperidine rings is 1. The second kappa shape index (κ2) is 7.91. The van der Waals surface area contributed by atoms with Crippen LogP contribution in [0.5, 0.6) is 0 Å². The van der Waals surface area contributed by atoms with E-state index in [4.69, 9.17) is 4.42 Å². The molecular formula is C21H28N4O3. The van der Waals surface area contributed by atoms with Crippen LogP contribution in [-0.4, -0.2) is 64.9 Å². The van der Waals surface area contributed by atoms with E-state index < -0.39 is 0 Å². The summed E-state index contributed by atoms with van der Waals surface area (Å²) in [4.78, 5) is 33.8. The van der Waals surface area contributed by atoms with Gasteiger partial charge in [-0.05, 0) is 38.8 Å². The first-order chi connectivity index (χ1) is 13.5. The molecule has 7 nitrogen and oxygen atoms in total. The highest BCUT2D eigenvalue weighted by Crippen LogP contribution is 2.30. The Balaban J connectivity index is 1.36. The smallest absolute Gasteiger partial charge is 0.237 e. The van der Waals surface area contributed by atoms with Gasteiger partial charge >= 0.3 is 0 Å². The molecule has 0 spiro atoms. The number of piperazine rings is 1. The minimum atomic E-state index is -0.365. The zero-order valence-corrected chi connectivity index (χ0v) is 16.6. The number of nitrogens with one attached hydrogen (secondary N) is 1. The lowest BCUT2D eigenvalue weighted by atomic mass is 9.96. The first-order valence-electron chi connectivity index (χ1n) is 10.2. The van der Waals surface area contributed by atoms with Gasteiger partial charge in [-0.2, -0.15) is 0 Å². The Morgan fingerprint density at radius 2 is 2.00 bits per heavy atom. The highest BCUT2D eigenvalue weighted by Gasteiger charge is 2.35. The average Bonchev–Trinajstić information content (AvgIpc) is 3.13. The van der Waals surface area contributed by atoms with Gasteiger partial charge in [-0.25, -0.2) is 4.98 Å². The second-order valence-electron chi connectivity index (χ2n) is 8.02. The number of hydrogen-bond donors (Lipinski definition) is 1. The van der Waals surface area contributed by atoms with Crippen molar-refractivity contribution in [1.29, 1.82) is 0 Å². The summed E-state index contributed by atoms with van der Waals surface area (Å²) < 4.78 is 5.91. The molecule has 1 aromatic heterocycles. The molecule has 1 aromatic carbocycles. The monoisotopic (exact) mass is 384 g/mol. The maximum Gasteiger partial charge on any atom is 0.237 e. The fourth-order valence-electron chi connectivity index (χ4n) is 4.30. The van der Waals surface area contributed by atoms with Gasteiger partial charge in [-0.1, -0.05) is 12.1 Å². The molecule has 0 aliphatic carbocycles. The summed E-state index contributed by atoms with van der Waals surface area (Å²) in [6, 6.07) is 7.67. The molecule has 2 aromatic rings. The third kappa shape index (κ3) is 3.76. The van der Waals surface area contributed by atoms with Gasteiger partial charge in [0.05, 0.1) is 12.5 Å². The number of para-hydroxylation sites is 2. The van der Waals surface area contributed by atoms with Gasteiger partial charge in [0.1, 0.15) is 5.52 Å². The Labute approximate surface area is 165 Å². The Morgan fingerprint density at radius 3 is 2.71 bits per heavy atom. The molecule has 2 aliphatic rings. The predicted octanol–water partition coefficient (Wildman–Crippen LogP) is 2.13. The van der Waals surface area contributed by atoms with Crippen LogP contribution in [0.3, 0.4) is 0 Å². The summed E-state index contributed by atoms with van der Waals surface area (Å²) in [5.41, 5.74) is 1.70. The lowest BCUT2D eigenvalue weighted by molar-refractivity contribution is -0.140. The normalized spacial score (nSPS) is 22.0. The van der Waals surface area contributed by atoms with Crippen molar-refractivity contribution in [1.82, 2.24) is 20.1 Å². The molecule has 28 heavy (non-hydrogen) atoms. The molecule has 4 rings (SSSR count). The van der Waals surface area contributed by atoms with Gasteiger partial charge in [0.15, 0.2) is 11.5 Å². The topological polar surface area (TPSA) is 78.7 Å². The minimum Gasteiger partial charge on any atom is -0.440 e. The van der Waals surface area contributed by atoms with Crippen molar-refractivity contribution >= 4 is 22.9 Å². The SMILES string of the molecule is CC(C)N1CCNC(=O)[C@@H]1CC(=O)N1CCC(c2nc3ccccc3o2)CC1. The minimum absolute atomic E-state index is 0.0327. The number of benzene rings is 1. The molecule has 0 unspecified atom stereocenters. The van der Waals surface area contributed by atoms with E-state index in [0.717, 1.165) is 36.4 Å². The lowest BCUT2D eigenvalue weighted by Crippen LogP contribution is -2.58. The van der Waals surface area contributed by atoms with Crippen LogP contribution in [0.1, 0.15) is 44.9 Å². The van der Waals surface area contributed by atoms with Gasteiger partial charge in [0.2, 0.25) is 11.8 Å². The van der Waals surface area contributed by atoms with Gasteiger partial charge in [0, 0.05) is 38.1 Å². The van der Waals surface area contributed by atoms with E-state index in [9.17, 15) is 9.59 Å². The molecule has 2 aliphatic heterocycles. The molecule has 3 heterocycles. The van der Waals surface area contributed by atoms with Crippen molar-refractivity contribution in [3.8, 4) is 0 Å². The fourth-order valence-corrected chi connectivity index (χ4v) is 4.30. The maximum atomic E-state index is 12.8. The maximum absolute atomic E-state index is 12.8. The summed E-state index contributed by atoms with van der Waals surface area (Å²) in [5, 5.41) is 2.89. The number of hydrogen-bond acceptors (Lipinski definition) is 5. The third-order valence-electron chi connectivity index (χ3n) is 5.91. The molecule has 0 bridgehead atoms. The standard InChI is InChI=1S/C21H28N4O3/c1-14(2)25-12-9-22-20(27)17(25)13-19(26)24-10-7-15(8-11-24)21-23-16-5-3-4-6-18(16)28-21/h3-6,14-15,17H,7-13H2,1-2H3,(H,22,27)/t17-/m0/s1. The number of likely N-dealkylation sites (tertiary alicyclic amines) is 1. The molecule has 2 fully saturated rings. The largest absolute Gasteiger partial charge is 0.440 e. The number of fused-ring (bicyclic) bond motifs is 1. The predicted molar refractivity (Wildman–Crippen MR) is 106 cm³/mol. The summed E-state index contributed by atoms with van der Waals surface area (Å²) in [6.45, 7) is 6.94. The van der Waals surface area contributed by atoms with Crippen molar-refractivity contribution in [2.45, 2.75) is 51.1 Å². The van der Waals surface area contributed by atoms with Crippen LogP contribution in [0.2, 0.25) is 0 Å².